The van der Waals surface area contributed by atoms with Crippen LogP contribution in [0.2, 0.25) is 0 Å². The maximum Gasteiger partial charge on any atom is 0.378 e. The van der Waals surface area contributed by atoms with Crippen molar-refractivity contribution in [1.82, 2.24) is 0 Å². The smallest absolute Gasteiger partial charge is 0.378 e. The van der Waals surface area contributed by atoms with Gasteiger partial charge in [-0.15, -0.1) is 0 Å². The van der Waals surface area contributed by atoms with Crippen molar-refractivity contribution in [3.05, 3.63) is 0 Å². The number of carbonyl (C=O) groups excluding carboxylic acids is 2. The molecule has 0 saturated carbocycles. The summed E-state index contributed by atoms with van der Waals surface area (Å²) in [5.74, 6) is -2.15. The Morgan fingerprint density at radius 3 is 2.41 bits per heavy atom. The molecule has 1 aliphatic rings. The van der Waals surface area contributed by atoms with E-state index in [1.807, 2.05) is 0 Å². The molecule has 8 nitrogen and oxygen atoms in total. The summed E-state index contributed by atoms with van der Waals surface area (Å²) < 4.78 is 9.43. The van der Waals surface area contributed by atoms with Gasteiger partial charge in [0.25, 0.3) is 5.78 Å². The number of ketones is 1. The molecule has 0 aromatic rings. The first kappa shape index (κ1) is 14.0. The molecular formula is C9H14O8. The Hall–Kier alpha value is -1.06. The van der Waals surface area contributed by atoms with Crippen molar-refractivity contribution in [3.63, 3.8) is 0 Å². The van der Waals surface area contributed by atoms with E-state index in [0.717, 1.165) is 0 Å². The number of aliphatic hydroxyl groups excluding tert-OH is 4. The highest BCUT2D eigenvalue weighted by Crippen LogP contribution is 2.19. The van der Waals surface area contributed by atoms with Gasteiger partial charge < -0.3 is 29.9 Å². The molecule has 1 heterocycles. The van der Waals surface area contributed by atoms with Crippen LogP contribution in [-0.4, -0.2) is 76.4 Å². The van der Waals surface area contributed by atoms with Crippen molar-refractivity contribution in [3.8, 4) is 0 Å². The molecule has 1 aliphatic heterocycles. The Morgan fingerprint density at radius 2 is 1.88 bits per heavy atom. The predicted molar refractivity (Wildman–Crippen MR) is 50.8 cm³/mol. The van der Waals surface area contributed by atoms with Gasteiger partial charge in [0.05, 0.1) is 19.8 Å². The topological polar surface area (TPSA) is 134 Å². The summed E-state index contributed by atoms with van der Waals surface area (Å²) in [4.78, 5) is 22.3. The van der Waals surface area contributed by atoms with E-state index in [1.165, 1.54) is 0 Å². The van der Waals surface area contributed by atoms with E-state index < -0.39 is 56.0 Å². The molecule has 2 unspecified atom stereocenters. The lowest BCUT2D eigenvalue weighted by atomic mass is 10.1. The van der Waals surface area contributed by atoms with Crippen LogP contribution >= 0.6 is 0 Å². The van der Waals surface area contributed by atoms with Gasteiger partial charge in [-0.25, -0.2) is 4.79 Å². The zero-order valence-corrected chi connectivity index (χ0v) is 8.85. The molecule has 4 N–H and O–H groups in total. The molecule has 1 rings (SSSR count). The van der Waals surface area contributed by atoms with Crippen LogP contribution < -0.4 is 0 Å². The lowest BCUT2D eigenvalue weighted by Gasteiger charge is -2.21. The zero-order valence-electron chi connectivity index (χ0n) is 8.85. The molecular weight excluding hydrogens is 236 g/mol. The SMILES string of the molecule is O=C1O[C@H]([C@@H](O)CO)C(OCC(O)CO)C1=O. The summed E-state index contributed by atoms with van der Waals surface area (Å²) in [6.07, 6.45) is -5.33. The number of esters is 1. The Bertz CT molecular complexity index is 291. The molecule has 0 radical (unpaired) electrons. The molecule has 98 valence electrons. The maximum absolute atomic E-state index is 11.3. The van der Waals surface area contributed by atoms with Gasteiger partial charge in [-0.1, -0.05) is 0 Å². The van der Waals surface area contributed by atoms with Crippen LogP contribution in [0.1, 0.15) is 0 Å². The molecule has 0 aliphatic carbocycles. The van der Waals surface area contributed by atoms with E-state index in [4.69, 9.17) is 20.1 Å². The van der Waals surface area contributed by atoms with E-state index >= 15 is 0 Å². The first-order valence-electron chi connectivity index (χ1n) is 4.95. The van der Waals surface area contributed by atoms with Gasteiger partial charge in [-0.2, -0.15) is 0 Å². The lowest BCUT2D eigenvalue weighted by molar-refractivity contribution is -0.152. The third-order valence-electron chi connectivity index (χ3n) is 2.25. The Labute approximate surface area is 96.4 Å². The predicted octanol–water partition coefficient (Wildman–Crippen LogP) is -3.43. The first-order valence-corrected chi connectivity index (χ1v) is 4.95. The minimum atomic E-state index is -1.44. The average Bonchev–Trinajstić information content (AvgIpc) is 2.62. The van der Waals surface area contributed by atoms with Gasteiger partial charge in [0.1, 0.15) is 12.2 Å². The normalized spacial score (nSPS) is 28.0. The molecule has 8 heteroatoms. The van der Waals surface area contributed by atoms with Crippen molar-refractivity contribution < 1.29 is 39.5 Å². The summed E-state index contributed by atoms with van der Waals surface area (Å²) in [6, 6.07) is 0. The van der Waals surface area contributed by atoms with Gasteiger partial charge in [0, 0.05) is 0 Å². The van der Waals surface area contributed by atoms with E-state index in [1.54, 1.807) is 0 Å². The van der Waals surface area contributed by atoms with E-state index in [0.29, 0.717) is 0 Å². The van der Waals surface area contributed by atoms with Crippen LogP contribution in [0.15, 0.2) is 0 Å². The number of aliphatic hydroxyl groups is 4. The van der Waals surface area contributed by atoms with Crippen LogP contribution in [-0.2, 0) is 19.1 Å². The summed E-state index contributed by atoms with van der Waals surface area (Å²) in [6.45, 7) is -1.66. The summed E-state index contributed by atoms with van der Waals surface area (Å²) in [5, 5.41) is 35.6. The lowest BCUT2D eigenvalue weighted by Crippen LogP contribution is -2.42. The molecule has 0 aromatic carbocycles. The molecule has 0 bridgehead atoms. The quantitative estimate of drug-likeness (QED) is 0.283. The van der Waals surface area contributed by atoms with Crippen LogP contribution in [0.4, 0.5) is 0 Å². The highest BCUT2D eigenvalue weighted by Gasteiger charge is 2.48. The summed E-state index contributed by atoms with van der Waals surface area (Å²) in [7, 11) is 0. The molecule has 4 atom stereocenters. The minimum absolute atomic E-state index is 0.391. The largest absolute Gasteiger partial charge is 0.450 e. The standard InChI is InChI=1S/C9H14O8/c10-1-4(12)3-16-8-6(14)9(15)17-7(8)5(13)2-11/h4-5,7-8,10-13H,1-3H2/t4?,5-,7+,8?/m0/s1. The van der Waals surface area contributed by atoms with Crippen molar-refractivity contribution in [2.75, 3.05) is 19.8 Å². The number of cyclic esters (lactones) is 1. The van der Waals surface area contributed by atoms with E-state index in [2.05, 4.69) is 4.74 Å². The Balaban J connectivity index is 2.64. The average molecular weight is 250 g/mol. The zero-order chi connectivity index (χ0) is 13.0. The second-order valence-corrected chi connectivity index (χ2v) is 3.57. The fourth-order valence-corrected chi connectivity index (χ4v) is 1.33. The van der Waals surface area contributed by atoms with Crippen LogP contribution in [0.5, 0.6) is 0 Å². The van der Waals surface area contributed by atoms with Crippen molar-refractivity contribution in [1.29, 1.82) is 0 Å². The number of carbonyl (C=O) groups is 2. The molecule has 1 fully saturated rings. The van der Waals surface area contributed by atoms with Crippen molar-refractivity contribution in [2.45, 2.75) is 24.4 Å². The highest BCUT2D eigenvalue weighted by atomic mass is 16.6. The summed E-state index contributed by atoms with van der Waals surface area (Å²) in [5.41, 5.74) is 0. The maximum atomic E-state index is 11.3. The number of rotatable bonds is 6. The van der Waals surface area contributed by atoms with Crippen LogP contribution in [0.25, 0.3) is 0 Å². The number of ether oxygens (including phenoxy) is 2. The third-order valence-corrected chi connectivity index (χ3v) is 2.25. The van der Waals surface area contributed by atoms with Gasteiger partial charge in [0.2, 0.25) is 0 Å². The fourth-order valence-electron chi connectivity index (χ4n) is 1.33. The van der Waals surface area contributed by atoms with Crippen LogP contribution in [0.3, 0.4) is 0 Å². The first-order chi connectivity index (χ1) is 8.01. The van der Waals surface area contributed by atoms with Crippen molar-refractivity contribution in [2.24, 2.45) is 0 Å². The molecule has 0 spiro atoms. The van der Waals surface area contributed by atoms with Crippen molar-refractivity contribution >= 4 is 11.8 Å². The van der Waals surface area contributed by atoms with E-state index in [9.17, 15) is 14.7 Å². The molecule has 17 heavy (non-hydrogen) atoms. The Kier molecular flexibility index (Phi) is 4.97. The molecule has 1 saturated heterocycles. The fraction of sp³-hybridized carbons (Fsp3) is 0.778. The van der Waals surface area contributed by atoms with Crippen LogP contribution in [0, 0.1) is 0 Å². The monoisotopic (exact) mass is 250 g/mol. The number of hydrogen-bond acceptors (Lipinski definition) is 8. The number of hydrogen-bond donors (Lipinski definition) is 4. The van der Waals surface area contributed by atoms with Gasteiger partial charge in [-0.3, -0.25) is 4.79 Å². The minimum Gasteiger partial charge on any atom is -0.450 e. The van der Waals surface area contributed by atoms with Gasteiger partial charge in [-0.05, 0) is 0 Å². The second-order valence-electron chi connectivity index (χ2n) is 3.57. The second kappa shape index (κ2) is 6.03. The highest BCUT2D eigenvalue weighted by molar-refractivity contribution is 6.37. The third kappa shape index (κ3) is 3.20. The molecule has 0 amide bonds. The number of Topliss-reactive ketones (excluding diaryl/α,β-unsaturated/α-hetero) is 1. The van der Waals surface area contributed by atoms with Gasteiger partial charge >= 0.3 is 5.97 Å². The summed E-state index contributed by atoms with van der Waals surface area (Å²) >= 11 is 0. The van der Waals surface area contributed by atoms with E-state index in [-0.39, 0.29) is 0 Å². The Morgan fingerprint density at radius 1 is 1.24 bits per heavy atom. The van der Waals surface area contributed by atoms with Gasteiger partial charge in [0.15, 0.2) is 12.2 Å². The molecule has 0 aromatic heterocycles.